The normalized spacial score (nSPS) is 10.4. The van der Waals surface area contributed by atoms with Crippen molar-refractivity contribution in [3.05, 3.63) is 66.1 Å². The van der Waals surface area contributed by atoms with Crippen molar-refractivity contribution in [2.75, 3.05) is 7.11 Å². The molecule has 6 nitrogen and oxygen atoms in total. The number of benzene rings is 2. The molecule has 6 heteroatoms. The highest BCUT2D eigenvalue weighted by Crippen LogP contribution is 2.17. The molecular formula is C19H19N3O3. The predicted molar refractivity (Wildman–Crippen MR) is 92.9 cm³/mol. The van der Waals surface area contributed by atoms with Crippen LogP contribution in [0.25, 0.3) is 11.4 Å². The van der Waals surface area contributed by atoms with Crippen LogP contribution in [-0.4, -0.2) is 23.2 Å². The van der Waals surface area contributed by atoms with Crippen molar-refractivity contribution in [2.45, 2.75) is 19.4 Å². The highest BCUT2D eigenvalue weighted by molar-refractivity contribution is 5.76. The van der Waals surface area contributed by atoms with E-state index in [4.69, 9.17) is 9.26 Å². The first-order chi connectivity index (χ1) is 12.3. The van der Waals surface area contributed by atoms with E-state index in [2.05, 4.69) is 15.5 Å². The van der Waals surface area contributed by atoms with Crippen LogP contribution in [0.3, 0.4) is 0 Å². The molecule has 1 amide bonds. The van der Waals surface area contributed by atoms with E-state index in [1.165, 1.54) is 0 Å². The van der Waals surface area contributed by atoms with Crippen LogP contribution in [0.4, 0.5) is 0 Å². The van der Waals surface area contributed by atoms with Crippen LogP contribution in [0.5, 0.6) is 5.75 Å². The van der Waals surface area contributed by atoms with Crippen LogP contribution in [-0.2, 0) is 17.8 Å². The standard InChI is InChI=1S/C19H19N3O3/c1-24-16-10-6-5-9-15(16)13-20-17(23)11-12-18-21-19(22-25-18)14-7-3-2-4-8-14/h2-10H,11-13H2,1H3,(H,20,23). The summed E-state index contributed by atoms with van der Waals surface area (Å²) in [4.78, 5) is 16.3. The largest absolute Gasteiger partial charge is 0.496 e. The van der Waals surface area contributed by atoms with Crippen molar-refractivity contribution in [1.29, 1.82) is 0 Å². The zero-order valence-corrected chi connectivity index (χ0v) is 13.9. The predicted octanol–water partition coefficient (Wildman–Crippen LogP) is 2.99. The van der Waals surface area contributed by atoms with Crippen LogP contribution in [0, 0.1) is 0 Å². The number of para-hydroxylation sites is 1. The van der Waals surface area contributed by atoms with Crippen LogP contribution in [0.2, 0.25) is 0 Å². The van der Waals surface area contributed by atoms with Gasteiger partial charge in [-0.05, 0) is 6.07 Å². The molecule has 0 aliphatic carbocycles. The Labute approximate surface area is 145 Å². The summed E-state index contributed by atoms with van der Waals surface area (Å²) in [6.07, 6.45) is 0.684. The number of nitrogens with one attached hydrogen (secondary N) is 1. The van der Waals surface area contributed by atoms with Crippen molar-refractivity contribution in [2.24, 2.45) is 0 Å². The summed E-state index contributed by atoms with van der Waals surface area (Å²) in [6.45, 7) is 0.419. The van der Waals surface area contributed by atoms with Crippen molar-refractivity contribution < 1.29 is 14.1 Å². The van der Waals surface area contributed by atoms with Gasteiger partial charge in [0.15, 0.2) is 0 Å². The number of ether oxygens (including phenoxy) is 1. The van der Waals surface area contributed by atoms with E-state index in [0.29, 0.717) is 24.7 Å². The topological polar surface area (TPSA) is 77.2 Å². The second-order valence-electron chi connectivity index (χ2n) is 5.47. The molecule has 1 N–H and O–H groups in total. The quantitative estimate of drug-likeness (QED) is 0.717. The molecule has 3 aromatic rings. The molecule has 25 heavy (non-hydrogen) atoms. The maximum Gasteiger partial charge on any atom is 0.227 e. The second-order valence-corrected chi connectivity index (χ2v) is 5.47. The molecule has 0 fully saturated rings. The van der Waals surface area contributed by atoms with Gasteiger partial charge in [0.05, 0.1) is 7.11 Å². The summed E-state index contributed by atoms with van der Waals surface area (Å²) >= 11 is 0. The number of aryl methyl sites for hydroxylation is 1. The van der Waals surface area contributed by atoms with Crippen molar-refractivity contribution in [1.82, 2.24) is 15.5 Å². The van der Waals surface area contributed by atoms with Gasteiger partial charge >= 0.3 is 0 Å². The van der Waals surface area contributed by atoms with Crippen LogP contribution < -0.4 is 10.1 Å². The van der Waals surface area contributed by atoms with E-state index in [-0.39, 0.29) is 12.3 Å². The number of rotatable bonds is 7. The fourth-order valence-electron chi connectivity index (χ4n) is 2.41. The Morgan fingerprint density at radius 3 is 2.68 bits per heavy atom. The first-order valence-corrected chi connectivity index (χ1v) is 8.03. The van der Waals surface area contributed by atoms with Crippen molar-refractivity contribution in [3.8, 4) is 17.1 Å². The summed E-state index contributed by atoms with van der Waals surface area (Å²) in [5.41, 5.74) is 1.82. The molecule has 0 aliphatic rings. The minimum Gasteiger partial charge on any atom is -0.496 e. The molecule has 0 spiro atoms. The van der Waals surface area contributed by atoms with Gasteiger partial charge in [-0.3, -0.25) is 4.79 Å². The Kier molecular flexibility index (Phi) is 5.41. The molecular weight excluding hydrogens is 318 g/mol. The van der Waals surface area contributed by atoms with Crippen LogP contribution in [0.15, 0.2) is 59.1 Å². The van der Waals surface area contributed by atoms with E-state index in [9.17, 15) is 4.79 Å². The minimum absolute atomic E-state index is 0.0784. The lowest BCUT2D eigenvalue weighted by Gasteiger charge is -2.09. The number of nitrogens with zero attached hydrogens (tertiary/aromatic N) is 2. The average Bonchev–Trinajstić information content (AvgIpc) is 3.14. The fraction of sp³-hybridized carbons (Fsp3) is 0.211. The summed E-state index contributed by atoms with van der Waals surface area (Å²) in [6, 6.07) is 17.2. The van der Waals surface area contributed by atoms with Gasteiger partial charge in [0, 0.05) is 30.5 Å². The Morgan fingerprint density at radius 2 is 1.88 bits per heavy atom. The molecule has 0 atom stereocenters. The molecule has 128 valence electrons. The molecule has 1 aromatic heterocycles. The van der Waals surface area contributed by atoms with E-state index < -0.39 is 0 Å². The summed E-state index contributed by atoms with van der Waals surface area (Å²) in [5.74, 6) is 1.66. The van der Waals surface area contributed by atoms with Gasteiger partial charge in [-0.25, -0.2) is 0 Å². The smallest absolute Gasteiger partial charge is 0.227 e. The number of carbonyl (C=O) groups excluding carboxylic acids is 1. The molecule has 0 unspecified atom stereocenters. The maximum absolute atomic E-state index is 12.0. The van der Waals surface area contributed by atoms with Crippen LogP contribution >= 0.6 is 0 Å². The van der Waals surface area contributed by atoms with Gasteiger partial charge < -0.3 is 14.6 Å². The lowest BCUT2D eigenvalue weighted by atomic mass is 10.2. The van der Waals surface area contributed by atoms with Gasteiger partial charge in [-0.2, -0.15) is 4.98 Å². The minimum atomic E-state index is -0.0784. The number of amides is 1. The highest BCUT2D eigenvalue weighted by Gasteiger charge is 2.11. The molecule has 0 bridgehead atoms. The molecule has 0 saturated carbocycles. The Balaban J connectivity index is 1.50. The molecule has 0 saturated heterocycles. The van der Waals surface area contributed by atoms with Crippen LogP contribution in [0.1, 0.15) is 17.9 Å². The molecule has 0 radical (unpaired) electrons. The SMILES string of the molecule is COc1ccccc1CNC(=O)CCc1nc(-c2ccccc2)no1. The number of carbonyl (C=O) groups is 1. The number of methoxy groups -OCH3 is 1. The number of hydrogen-bond donors (Lipinski definition) is 1. The molecule has 1 heterocycles. The first-order valence-electron chi connectivity index (χ1n) is 8.03. The van der Waals surface area contributed by atoms with E-state index in [1.807, 2.05) is 54.6 Å². The Bertz CT molecular complexity index is 831. The first kappa shape index (κ1) is 16.7. The number of aromatic nitrogens is 2. The van der Waals surface area contributed by atoms with Crippen molar-refractivity contribution >= 4 is 5.91 Å². The number of hydrogen-bond acceptors (Lipinski definition) is 5. The Hall–Kier alpha value is -3.15. The fourth-order valence-corrected chi connectivity index (χ4v) is 2.41. The zero-order chi connectivity index (χ0) is 17.5. The zero-order valence-electron chi connectivity index (χ0n) is 13.9. The molecule has 3 rings (SSSR count). The maximum atomic E-state index is 12.0. The van der Waals surface area contributed by atoms with Gasteiger partial charge in [0.1, 0.15) is 5.75 Å². The monoisotopic (exact) mass is 337 g/mol. The Morgan fingerprint density at radius 1 is 1.12 bits per heavy atom. The third kappa shape index (κ3) is 4.44. The summed E-state index contributed by atoms with van der Waals surface area (Å²) < 4.78 is 10.5. The third-order valence-corrected chi connectivity index (χ3v) is 3.73. The van der Waals surface area contributed by atoms with E-state index in [1.54, 1.807) is 7.11 Å². The lowest BCUT2D eigenvalue weighted by Crippen LogP contribution is -2.23. The van der Waals surface area contributed by atoms with E-state index in [0.717, 1.165) is 16.9 Å². The van der Waals surface area contributed by atoms with Gasteiger partial charge in [-0.1, -0.05) is 53.7 Å². The molecule has 0 aliphatic heterocycles. The van der Waals surface area contributed by atoms with Gasteiger partial charge in [0.2, 0.25) is 17.6 Å². The average molecular weight is 337 g/mol. The second kappa shape index (κ2) is 8.10. The van der Waals surface area contributed by atoms with E-state index >= 15 is 0 Å². The van der Waals surface area contributed by atoms with Crippen molar-refractivity contribution in [3.63, 3.8) is 0 Å². The highest BCUT2D eigenvalue weighted by atomic mass is 16.5. The lowest BCUT2D eigenvalue weighted by molar-refractivity contribution is -0.121. The summed E-state index contributed by atoms with van der Waals surface area (Å²) in [7, 11) is 1.61. The third-order valence-electron chi connectivity index (χ3n) is 3.73. The summed E-state index contributed by atoms with van der Waals surface area (Å²) in [5, 5.41) is 6.82. The van der Waals surface area contributed by atoms with Gasteiger partial charge in [0.25, 0.3) is 0 Å². The van der Waals surface area contributed by atoms with Gasteiger partial charge in [-0.15, -0.1) is 0 Å². The molecule has 2 aromatic carbocycles.